The Morgan fingerprint density at radius 2 is 2.24 bits per heavy atom. The van der Waals surface area contributed by atoms with Crippen LogP contribution in [0, 0.1) is 0 Å². The van der Waals surface area contributed by atoms with Gasteiger partial charge in [-0.3, -0.25) is 9.78 Å². The van der Waals surface area contributed by atoms with Crippen molar-refractivity contribution in [3.8, 4) is 5.75 Å². The number of nitrogens with zero attached hydrogens (tertiary/aromatic N) is 2. The van der Waals surface area contributed by atoms with Crippen molar-refractivity contribution in [3.63, 3.8) is 0 Å². The van der Waals surface area contributed by atoms with Gasteiger partial charge in [-0.1, -0.05) is 25.5 Å². The summed E-state index contributed by atoms with van der Waals surface area (Å²) >= 11 is 0. The third-order valence-electron chi connectivity index (χ3n) is 2.81. The monoisotopic (exact) mass is 286 g/mol. The number of ether oxygens (including phenoxy) is 1. The zero-order valence-electron chi connectivity index (χ0n) is 12.1. The minimum absolute atomic E-state index is 0.191. The molecule has 6 heteroatoms. The number of aromatic nitrogens is 2. The van der Waals surface area contributed by atoms with Crippen LogP contribution in [0.2, 0.25) is 0 Å². The summed E-state index contributed by atoms with van der Waals surface area (Å²) in [6.45, 7) is 2.04. The first-order valence-corrected chi connectivity index (χ1v) is 6.75. The second kappa shape index (κ2) is 7.23. The van der Waals surface area contributed by atoms with E-state index in [1.165, 1.54) is 6.07 Å². The van der Waals surface area contributed by atoms with Gasteiger partial charge in [0.25, 0.3) is 5.56 Å². The quantitative estimate of drug-likeness (QED) is 0.630. The van der Waals surface area contributed by atoms with E-state index >= 15 is 0 Å². The number of para-hydroxylation sites is 1. The van der Waals surface area contributed by atoms with Gasteiger partial charge in [0.05, 0.1) is 13.3 Å². The molecule has 2 aromatic rings. The molecule has 110 valence electrons. The first kappa shape index (κ1) is 14.8. The van der Waals surface area contributed by atoms with Gasteiger partial charge in [0.1, 0.15) is 5.75 Å². The van der Waals surface area contributed by atoms with Crippen LogP contribution in [0.25, 0.3) is 0 Å². The number of aromatic amines is 1. The van der Waals surface area contributed by atoms with E-state index in [0.717, 1.165) is 29.8 Å². The predicted molar refractivity (Wildman–Crippen MR) is 83.1 cm³/mol. The van der Waals surface area contributed by atoms with Gasteiger partial charge in [0.15, 0.2) is 0 Å². The smallest absolute Gasteiger partial charge is 0.252 e. The molecule has 2 rings (SSSR count). The zero-order valence-corrected chi connectivity index (χ0v) is 12.1. The predicted octanol–water partition coefficient (Wildman–Crippen LogP) is 2.18. The van der Waals surface area contributed by atoms with Crippen LogP contribution >= 0.6 is 0 Å². The largest absolute Gasteiger partial charge is 0.496 e. The van der Waals surface area contributed by atoms with E-state index in [-0.39, 0.29) is 5.56 Å². The molecule has 21 heavy (non-hydrogen) atoms. The van der Waals surface area contributed by atoms with Gasteiger partial charge in [-0.15, -0.1) is 0 Å². The lowest BCUT2D eigenvalue weighted by Crippen LogP contribution is -2.12. The van der Waals surface area contributed by atoms with Crippen LogP contribution in [-0.4, -0.2) is 23.3 Å². The van der Waals surface area contributed by atoms with Crippen molar-refractivity contribution >= 4 is 12.2 Å². The summed E-state index contributed by atoms with van der Waals surface area (Å²) < 4.78 is 5.23. The maximum atomic E-state index is 11.5. The molecule has 0 fully saturated rings. The SMILES string of the molecule is CCCc1cc(=O)[nH]c(N/N=C/c2ccccc2OC)n1. The van der Waals surface area contributed by atoms with Crippen LogP contribution in [0.15, 0.2) is 40.2 Å². The summed E-state index contributed by atoms with van der Waals surface area (Å²) in [6.07, 6.45) is 3.31. The lowest BCUT2D eigenvalue weighted by Gasteiger charge is -2.04. The van der Waals surface area contributed by atoms with E-state index in [2.05, 4.69) is 20.5 Å². The highest BCUT2D eigenvalue weighted by Gasteiger charge is 2.00. The van der Waals surface area contributed by atoms with E-state index in [4.69, 9.17) is 4.74 Å². The summed E-state index contributed by atoms with van der Waals surface area (Å²) in [5.74, 6) is 1.06. The molecule has 0 saturated heterocycles. The van der Waals surface area contributed by atoms with Crippen LogP contribution in [0.4, 0.5) is 5.95 Å². The maximum absolute atomic E-state index is 11.5. The first-order valence-electron chi connectivity index (χ1n) is 6.75. The average molecular weight is 286 g/mol. The Kier molecular flexibility index (Phi) is 5.09. The molecule has 0 aliphatic rings. The molecule has 6 nitrogen and oxygen atoms in total. The first-order chi connectivity index (χ1) is 10.2. The Bertz CT molecular complexity index is 679. The van der Waals surface area contributed by atoms with Gasteiger partial charge in [-0.05, 0) is 18.6 Å². The second-order valence-corrected chi connectivity index (χ2v) is 4.45. The molecular formula is C15H18N4O2. The number of benzene rings is 1. The molecule has 0 radical (unpaired) electrons. The number of hydrogen-bond donors (Lipinski definition) is 2. The molecule has 0 spiro atoms. The Labute approximate surface area is 122 Å². The molecular weight excluding hydrogens is 268 g/mol. The minimum Gasteiger partial charge on any atom is -0.496 e. The van der Waals surface area contributed by atoms with Crippen LogP contribution in [0.5, 0.6) is 5.75 Å². The Morgan fingerprint density at radius 1 is 1.43 bits per heavy atom. The van der Waals surface area contributed by atoms with E-state index < -0.39 is 0 Å². The third kappa shape index (κ3) is 4.17. The molecule has 0 unspecified atom stereocenters. The van der Waals surface area contributed by atoms with Crippen molar-refractivity contribution in [2.45, 2.75) is 19.8 Å². The average Bonchev–Trinajstić information content (AvgIpc) is 2.47. The molecule has 0 bridgehead atoms. The van der Waals surface area contributed by atoms with Crippen molar-refractivity contribution in [1.82, 2.24) is 9.97 Å². The number of H-pyrrole nitrogens is 1. The van der Waals surface area contributed by atoms with Crippen molar-refractivity contribution in [2.75, 3.05) is 12.5 Å². The van der Waals surface area contributed by atoms with Crippen molar-refractivity contribution in [1.29, 1.82) is 0 Å². The lowest BCUT2D eigenvalue weighted by molar-refractivity contribution is 0.414. The number of anilines is 1. The molecule has 0 saturated carbocycles. The van der Waals surface area contributed by atoms with E-state index in [1.807, 2.05) is 31.2 Å². The van der Waals surface area contributed by atoms with Crippen LogP contribution in [0.1, 0.15) is 24.6 Å². The molecule has 0 aliphatic carbocycles. The van der Waals surface area contributed by atoms with Crippen molar-refractivity contribution < 1.29 is 4.74 Å². The van der Waals surface area contributed by atoms with E-state index in [9.17, 15) is 4.79 Å². The van der Waals surface area contributed by atoms with Crippen molar-refractivity contribution in [2.24, 2.45) is 5.10 Å². The highest BCUT2D eigenvalue weighted by atomic mass is 16.5. The molecule has 1 aromatic heterocycles. The fourth-order valence-corrected chi connectivity index (χ4v) is 1.88. The van der Waals surface area contributed by atoms with E-state index in [0.29, 0.717) is 5.95 Å². The number of hydrazone groups is 1. The topological polar surface area (TPSA) is 79.4 Å². The number of rotatable bonds is 6. The molecule has 1 heterocycles. The summed E-state index contributed by atoms with van der Waals surface area (Å²) in [5.41, 5.74) is 4.12. The standard InChI is InChI=1S/C15H18N4O2/c1-3-6-12-9-14(20)18-15(17-12)19-16-10-11-7-4-5-8-13(11)21-2/h4-5,7-10H,3,6H2,1-2H3,(H2,17,18,19,20)/b16-10+. The molecule has 2 N–H and O–H groups in total. The Morgan fingerprint density at radius 3 is 3.00 bits per heavy atom. The van der Waals surface area contributed by atoms with Crippen LogP contribution < -0.4 is 15.7 Å². The Balaban J connectivity index is 2.12. The summed E-state index contributed by atoms with van der Waals surface area (Å²) in [5, 5.41) is 4.08. The summed E-state index contributed by atoms with van der Waals surface area (Å²) in [7, 11) is 1.60. The minimum atomic E-state index is -0.191. The highest BCUT2D eigenvalue weighted by Crippen LogP contribution is 2.14. The fraction of sp³-hybridized carbons (Fsp3) is 0.267. The Hall–Kier alpha value is -2.63. The van der Waals surface area contributed by atoms with Gasteiger partial charge in [0, 0.05) is 17.3 Å². The lowest BCUT2D eigenvalue weighted by atomic mass is 10.2. The fourth-order valence-electron chi connectivity index (χ4n) is 1.88. The molecule has 0 amide bonds. The number of nitrogens with one attached hydrogen (secondary N) is 2. The van der Waals surface area contributed by atoms with Gasteiger partial charge in [0.2, 0.25) is 5.95 Å². The third-order valence-corrected chi connectivity index (χ3v) is 2.81. The zero-order chi connectivity index (χ0) is 15.1. The summed E-state index contributed by atoms with van der Waals surface area (Å²) in [4.78, 5) is 18.4. The highest BCUT2D eigenvalue weighted by molar-refractivity contribution is 5.83. The van der Waals surface area contributed by atoms with E-state index in [1.54, 1.807) is 13.3 Å². The molecule has 1 aromatic carbocycles. The van der Waals surface area contributed by atoms with Crippen LogP contribution in [0.3, 0.4) is 0 Å². The maximum Gasteiger partial charge on any atom is 0.252 e. The second-order valence-electron chi connectivity index (χ2n) is 4.45. The number of methoxy groups -OCH3 is 1. The number of hydrogen-bond acceptors (Lipinski definition) is 5. The normalized spacial score (nSPS) is 10.8. The molecule has 0 aliphatic heterocycles. The number of aryl methyl sites for hydroxylation is 1. The summed E-state index contributed by atoms with van der Waals surface area (Å²) in [6, 6.07) is 9.01. The molecule has 0 atom stereocenters. The van der Waals surface area contributed by atoms with Gasteiger partial charge >= 0.3 is 0 Å². The van der Waals surface area contributed by atoms with Gasteiger partial charge < -0.3 is 4.74 Å². The van der Waals surface area contributed by atoms with Crippen LogP contribution in [-0.2, 0) is 6.42 Å². The van der Waals surface area contributed by atoms with Gasteiger partial charge in [-0.2, -0.15) is 5.10 Å². The van der Waals surface area contributed by atoms with Gasteiger partial charge in [-0.25, -0.2) is 10.4 Å². The van der Waals surface area contributed by atoms with Crippen molar-refractivity contribution in [3.05, 3.63) is 51.9 Å².